The second-order valence-corrected chi connectivity index (χ2v) is 5.77. The van der Waals surface area contributed by atoms with E-state index in [1.807, 2.05) is 12.3 Å². The average molecular weight is 284 g/mol. The van der Waals surface area contributed by atoms with Gasteiger partial charge in [0.15, 0.2) is 5.13 Å². The van der Waals surface area contributed by atoms with Gasteiger partial charge in [0.2, 0.25) is 0 Å². The Kier molecular flexibility index (Phi) is 7.48. The van der Waals surface area contributed by atoms with Crippen molar-refractivity contribution < 1.29 is 9.53 Å². The topological polar surface area (TPSA) is 51.2 Å². The molecule has 0 atom stereocenters. The van der Waals surface area contributed by atoms with Gasteiger partial charge in [-0.1, -0.05) is 13.8 Å². The van der Waals surface area contributed by atoms with Crippen molar-refractivity contribution in [1.82, 2.24) is 4.98 Å². The molecule has 0 radical (unpaired) electrons. The maximum Gasteiger partial charge on any atom is 0.306 e. The Labute approximate surface area is 119 Å². The van der Waals surface area contributed by atoms with E-state index in [0.29, 0.717) is 19.4 Å². The second kappa shape index (κ2) is 8.91. The minimum Gasteiger partial charge on any atom is -0.466 e. The van der Waals surface area contributed by atoms with Gasteiger partial charge in [-0.3, -0.25) is 4.79 Å². The maximum atomic E-state index is 11.2. The Balaban J connectivity index is 2.22. The smallest absolute Gasteiger partial charge is 0.306 e. The summed E-state index contributed by atoms with van der Waals surface area (Å²) in [6.45, 7) is 7.69. The molecule has 0 aromatic carbocycles. The maximum absolute atomic E-state index is 11.2. The first-order chi connectivity index (χ1) is 9.11. The molecule has 4 nitrogen and oxygen atoms in total. The molecule has 0 bridgehead atoms. The van der Waals surface area contributed by atoms with Crippen molar-refractivity contribution >= 4 is 22.4 Å². The van der Waals surface area contributed by atoms with Crippen LogP contribution < -0.4 is 5.32 Å². The highest BCUT2D eigenvalue weighted by Crippen LogP contribution is 2.17. The number of nitrogens with zero attached hydrogens (tertiary/aromatic N) is 1. The Bertz CT molecular complexity index is 377. The van der Waals surface area contributed by atoms with Gasteiger partial charge in [0.1, 0.15) is 0 Å². The summed E-state index contributed by atoms with van der Waals surface area (Å²) >= 11 is 1.60. The molecule has 0 aliphatic heterocycles. The molecule has 0 aliphatic carbocycles. The van der Waals surface area contributed by atoms with E-state index in [4.69, 9.17) is 4.74 Å². The summed E-state index contributed by atoms with van der Waals surface area (Å²) in [5.74, 6) is 0.597. The van der Waals surface area contributed by atoms with Crippen molar-refractivity contribution in [3.63, 3.8) is 0 Å². The zero-order chi connectivity index (χ0) is 14.1. The first kappa shape index (κ1) is 16.0. The van der Waals surface area contributed by atoms with E-state index in [2.05, 4.69) is 24.1 Å². The van der Waals surface area contributed by atoms with Crippen LogP contribution in [0.4, 0.5) is 5.13 Å². The first-order valence-electron chi connectivity index (χ1n) is 6.95. The van der Waals surface area contributed by atoms with E-state index in [1.54, 1.807) is 11.3 Å². The lowest BCUT2D eigenvalue weighted by Gasteiger charge is -2.04. The van der Waals surface area contributed by atoms with Crippen LogP contribution in [0.25, 0.3) is 0 Å². The summed E-state index contributed by atoms with van der Waals surface area (Å²) in [6.07, 6.45) is 3.46. The number of ether oxygens (including phenoxy) is 1. The third-order valence-corrected chi connectivity index (χ3v) is 3.53. The number of thiazole rings is 1. The number of carbonyl (C=O) groups is 1. The van der Waals surface area contributed by atoms with Crippen LogP contribution in [0.3, 0.4) is 0 Å². The van der Waals surface area contributed by atoms with Crippen LogP contribution in [0.15, 0.2) is 5.38 Å². The predicted molar refractivity (Wildman–Crippen MR) is 79.6 cm³/mol. The SMILES string of the molecule is CCOC(=O)CCc1csc(NCCCC(C)C)n1. The van der Waals surface area contributed by atoms with Gasteiger partial charge in [-0.05, 0) is 25.7 Å². The lowest BCUT2D eigenvalue weighted by atomic mass is 10.1. The quantitative estimate of drug-likeness (QED) is 0.557. The fraction of sp³-hybridized carbons (Fsp3) is 0.714. The predicted octanol–water partition coefficient (Wildman–Crippen LogP) is 3.49. The number of anilines is 1. The Morgan fingerprint density at radius 1 is 1.53 bits per heavy atom. The fourth-order valence-corrected chi connectivity index (χ4v) is 2.45. The van der Waals surface area contributed by atoms with Crippen LogP contribution in [0.1, 0.15) is 45.7 Å². The fourth-order valence-electron chi connectivity index (χ4n) is 1.67. The molecule has 108 valence electrons. The minimum atomic E-state index is -0.151. The highest BCUT2D eigenvalue weighted by Gasteiger charge is 2.06. The summed E-state index contributed by atoms with van der Waals surface area (Å²) in [7, 11) is 0. The number of hydrogen-bond donors (Lipinski definition) is 1. The lowest BCUT2D eigenvalue weighted by molar-refractivity contribution is -0.143. The molecule has 0 saturated carbocycles. The molecule has 0 amide bonds. The van der Waals surface area contributed by atoms with E-state index in [9.17, 15) is 4.79 Å². The molecule has 5 heteroatoms. The van der Waals surface area contributed by atoms with E-state index >= 15 is 0 Å². The third-order valence-electron chi connectivity index (χ3n) is 2.68. The van der Waals surface area contributed by atoms with Crippen molar-refractivity contribution in [3.05, 3.63) is 11.1 Å². The number of hydrogen-bond acceptors (Lipinski definition) is 5. The normalized spacial score (nSPS) is 10.7. The van der Waals surface area contributed by atoms with Crippen molar-refractivity contribution in [2.24, 2.45) is 5.92 Å². The summed E-state index contributed by atoms with van der Waals surface area (Å²) in [5, 5.41) is 6.28. The van der Waals surface area contributed by atoms with Crippen molar-refractivity contribution in [2.75, 3.05) is 18.5 Å². The third kappa shape index (κ3) is 7.15. The second-order valence-electron chi connectivity index (χ2n) is 4.91. The molecule has 1 aromatic rings. The Hall–Kier alpha value is -1.10. The van der Waals surface area contributed by atoms with Crippen molar-refractivity contribution in [2.45, 2.75) is 46.5 Å². The van der Waals surface area contributed by atoms with Gasteiger partial charge in [0.05, 0.1) is 18.7 Å². The highest BCUT2D eigenvalue weighted by molar-refractivity contribution is 7.13. The van der Waals surface area contributed by atoms with Gasteiger partial charge in [0, 0.05) is 18.3 Å². The van der Waals surface area contributed by atoms with Crippen LogP contribution in [-0.2, 0) is 16.0 Å². The van der Waals surface area contributed by atoms with Gasteiger partial charge in [-0.15, -0.1) is 11.3 Å². The van der Waals surface area contributed by atoms with Crippen LogP contribution in [0, 0.1) is 5.92 Å². The van der Waals surface area contributed by atoms with Crippen molar-refractivity contribution in [1.29, 1.82) is 0 Å². The first-order valence-corrected chi connectivity index (χ1v) is 7.83. The molecule has 0 spiro atoms. The number of esters is 1. The van der Waals surface area contributed by atoms with Gasteiger partial charge < -0.3 is 10.1 Å². The molecule has 0 unspecified atom stereocenters. The highest BCUT2D eigenvalue weighted by atomic mass is 32.1. The number of carbonyl (C=O) groups excluding carboxylic acids is 1. The molecule has 19 heavy (non-hydrogen) atoms. The van der Waals surface area contributed by atoms with Crippen molar-refractivity contribution in [3.8, 4) is 0 Å². The number of aryl methyl sites for hydroxylation is 1. The van der Waals surface area contributed by atoms with Crippen LogP contribution in [0.5, 0.6) is 0 Å². The average Bonchev–Trinajstić information content (AvgIpc) is 2.80. The van der Waals surface area contributed by atoms with Gasteiger partial charge >= 0.3 is 5.97 Å². The number of nitrogens with one attached hydrogen (secondary N) is 1. The standard InChI is InChI=1S/C14H24N2O2S/c1-4-18-13(17)8-7-12-10-19-14(16-12)15-9-5-6-11(2)3/h10-11H,4-9H2,1-3H3,(H,15,16). The monoisotopic (exact) mass is 284 g/mol. The Morgan fingerprint density at radius 3 is 3.00 bits per heavy atom. The summed E-state index contributed by atoms with van der Waals surface area (Å²) in [4.78, 5) is 15.7. The number of aromatic nitrogens is 1. The summed E-state index contributed by atoms with van der Waals surface area (Å²) in [5.41, 5.74) is 0.962. The Morgan fingerprint density at radius 2 is 2.32 bits per heavy atom. The molecule has 1 rings (SSSR count). The van der Waals surface area contributed by atoms with E-state index in [1.165, 1.54) is 6.42 Å². The molecule has 0 aliphatic rings. The molecule has 1 N–H and O–H groups in total. The van der Waals surface area contributed by atoms with Gasteiger partial charge in [-0.25, -0.2) is 4.98 Å². The zero-order valence-corrected chi connectivity index (χ0v) is 12.9. The summed E-state index contributed by atoms with van der Waals surface area (Å²) in [6, 6.07) is 0. The molecular weight excluding hydrogens is 260 g/mol. The van der Waals surface area contributed by atoms with E-state index in [0.717, 1.165) is 29.7 Å². The van der Waals surface area contributed by atoms with E-state index in [-0.39, 0.29) is 5.97 Å². The molecule has 0 saturated heterocycles. The molecule has 0 fully saturated rings. The van der Waals surface area contributed by atoms with Crippen LogP contribution >= 0.6 is 11.3 Å². The van der Waals surface area contributed by atoms with Crippen LogP contribution in [-0.4, -0.2) is 24.1 Å². The lowest BCUT2D eigenvalue weighted by Crippen LogP contribution is -2.05. The molecule has 1 heterocycles. The largest absolute Gasteiger partial charge is 0.466 e. The number of rotatable bonds is 9. The van der Waals surface area contributed by atoms with E-state index < -0.39 is 0 Å². The van der Waals surface area contributed by atoms with Crippen LogP contribution in [0.2, 0.25) is 0 Å². The zero-order valence-electron chi connectivity index (χ0n) is 12.1. The molecule has 1 aromatic heterocycles. The minimum absolute atomic E-state index is 0.151. The molecular formula is C14H24N2O2S. The summed E-state index contributed by atoms with van der Waals surface area (Å²) < 4.78 is 4.89. The van der Waals surface area contributed by atoms with Gasteiger partial charge in [-0.2, -0.15) is 0 Å². The van der Waals surface area contributed by atoms with Gasteiger partial charge in [0.25, 0.3) is 0 Å².